The highest BCUT2D eigenvalue weighted by Gasteiger charge is 2.25. The third-order valence-corrected chi connectivity index (χ3v) is 6.27. The Hall–Kier alpha value is -1.93. The molecular weight excluding hydrogens is 418 g/mol. The van der Waals surface area contributed by atoms with Crippen LogP contribution in [0.3, 0.4) is 0 Å². The van der Waals surface area contributed by atoms with Crippen molar-refractivity contribution in [1.82, 2.24) is 15.1 Å². The molecule has 4 N–H and O–H groups in total. The minimum absolute atomic E-state index is 0.0612. The number of halogens is 1. The maximum absolute atomic E-state index is 12.8. The van der Waals surface area contributed by atoms with Gasteiger partial charge in [-0.1, -0.05) is 43.4 Å². The summed E-state index contributed by atoms with van der Waals surface area (Å²) in [7, 11) is 0. The fourth-order valence-corrected chi connectivity index (χ4v) is 4.20. The number of benzene rings is 1. The number of aliphatic hydroxyl groups is 3. The molecule has 1 fully saturated rings. The molecule has 2 atom stereocenters. The first-order valence-electron chi connectivity index (χ1n) is 10.9. The van der Waals surface area contributed by atoms with Crippen LogP contribution in [0.5, 0.6) is 0 Å². The van der Waals surface area contributed by atoms with Crippen molar-refractivity contribution in [3.05, 3.63) is 40.5 Å². The van der Waals surface area contributed by atoms with Crippen molar-refractivity contribution in [2.45, 2.75) is 70.7 Å². The average Bonchev–Trinajstić information content (AvgIpc) is 2.93. The molecule has 2 unspecified atom stereocenters. The van der Waals surface area contributed by atoms with Gasteiger partial charge in [0, 0.05) is 17.2 Å². The lowest BCUT2D eigenvalue weighted by atomic mass is 9.98. The van der Waals surface area contributed by atoms with E-state index in [0.717, 1.165) is 31.4 Å². The molecule has 0 radical (unpaired) electrons. The Morgan fingerprint density at radius 2 is 1.97 bits per heavy atom. The molecule has 8 heteroatoms. The van der Waals surface area contributed by atoms with Crippen molar-refractivity contribution in [1.29, 1.82) is 0 Å². The van der Waals surface area contributed by atoms with Gasteiger partial charge in [0.15, 0.2) is 0 Å². The first-order valence-corrected chi connectivity index (χ1v) is 11.2. The van der Waals surface area contributed by atoms with Crippen molar-refractivity contribution >= 4 is 17.5 Å². The van der Waals surface area contributed by atoms with E-state index < -0.39 is 17.7 Å². The largest absolute Gasteiger partial charge is 0.393 e. The first-order chi connectivity index (χ1) is 14.7. The molecule has 1 heterocycles. The molecular formula is C23H32ClN3O4. The van der Waals surface area contributed by atoms with Crippen molar-refractivity contribution in [2.75, 3.05) is 6.61 Å². The van der Waals surface area contributed by atoms with Gasteiger partial charge >= 0.3 is 0 Å². The molecule has 0 saturated heterocycles. The quantitative estimate of drug-likeness (QED) is 0.383. The third-order valence-electron chi connectivity index (χ3n) is 5.94. The summed E-state index contributed by atoms with van der Waals surface area (Å²) in [5.41, 5.74) is 1.13. The number of hydrogen-bond donors (Lipinski definition) is 4. The van der Waals surface area contributed by atoms with Crippen LogP contribution in [0, 0.1) is 12.8 Å². The number of amides is 1. The minimum atomic E-state index is -1.28. The van der Waals surface area contributed by atoms with Gasteiger partial charge in [0.1, 0.15) is 11.8 Å². The van der Waals surface area contributed by atoms with Crippen LogP contribution in [0.15, 0.2) is 24.3 Å². The van der Waals surface area contributed by atoms with Crippen LogP contribution in [0.1, 0.15) is 61.5 Å². The van der Waals surface area contributed by atoms with E-state index in [1.54, 1.807) is 22.9 Å². The number of nitrogens with one attached hydrogen (secondary N) is 1. The van der Waals surface area contributed by atoms with E-state index in [1.165, 1.54) is 19.8 Å². The zero-order chi connectivity index (χ0) is 22.6. The lowest BCUT2D eigenvalue weighted by molar-refractivity contribution is -0.0149. The number of carbonyl (C=O) groups excluding carboxylic acids is 1. The zero-order valence-corrected chi connectivity index (χ0v) is 18.9. The van der Waals surface area contributed by atoms with E-state index in [2.05, 4.69) is 10.4 Å². The topological polar surface area (TPSA) is 108 Å². The summed E-state index contributed by atoms with van der Waals surface area (Å²) in [6, 6.07) is 6.92. The Balaban J connectivity index is 1.78. The minimum Gasteiger partial charge on any atom is -0.393 e. The number of nitrogens with zero attached hydrogens (tertiary/aromatic N) is 2. The van der Waals surface area contributed by atoms with Gasteiger partial charge < -0.3 is 20.6 Å². The van der Waals surface area contributed by atoms with Gasteiger partial charge in [-0.3, -0.25) is 9.48 Å². The highest BCUT2D eigenvalue weighted by molar-refractivity contribution is 6.34. The van der Waals surface area contributed by atoms with Gasteiger partial charge in [-0.25, -0.2) is 0 Å². The van der Waals surface area contributed by atoms with E-state index in [-0.39, 0.29) is 24.6 Å². The second kappa shape index (κ2) is 10.1. The SMILES string of the molecule is Cc1cc(-c2ccc(Cl)c(C(=O)NC(O)C3CCCCCC3)c2)nn1CC(C)(O)CO. The Bertz CT molecular complexity index is 904. The Kier molecular flexibility index (Phi) is 7.75. The third kappa shape index (κ3) is 6.07. The van der Waals surface area contributed by atoms with E-state index in [0.29, 0.717) is 16.3 Å². The maximum Gasteiger partial charge on any atom is 0.254 e. The summed E-state index contributed by atoms with van der Waals surface area (Å²) in [4.78, 5) is 12.8. The normalized spacial score (nSPS) is 18.3. The first kappa shape index (κ1) is 23.7. The smallest absolute Gasteiger partial charge is 0.254 e. The standard InChI is InChI=1S/C23H32ClN3O4/c1-15-11-20(26-27(15)13-23(2,31)14-28)17-9-10-19(24)18(12-17)22(30)25-21(29)16-7-5-3-4-6-8-16/h9-12,16,21,28-29,31H,3-8,13-14H2,1-2H3,(H,25,30). The van der Waals surface area contributed by atoms with E-state index in [9.17, 15) is 20.1 Å². The number of hydrogen-bond acceptors (Lipinski definition) is 5. The monoisotopic (exact) mass is 449 g/mol. The number of aliphatic hydroxyl groups excluding tert-OH is 2. The van der Waals surface area contributed by atoms with Gasteiger partial charge in [0.2, 0.25) is 0 Å². The van der Waals surface area contributed by atoms with Crippen molar-refractivity contribution in [3.8, 4) is 11.3 Å². The summed E-state index contributed by atoms with van der Waals surface area (Å²) in [5.74, 6) is -0.353. The van der Waals surface area contributed by atoms with Crippen LogP contribution < -0.4 is 5.32 Å². The van der Waals surface area contributed by atoms with E-state index >= 15 is 0 Å². The Labute approximate surface area is 188 Å². The van der Waals surface area contributed by atoms with Crippen LogP contribution in [0.4, 0.5) is 0 Å². The highest BCUT2D eigenvalue weighted by atomic mass is 35.5. The summed E-state index contributed by atoms with van der Waals surface area (Å²) in [6.07, 6.45) is 5.40. The van der Waals surface area contributed by atoms with Gasteiger partial charge in [0.05, 0.1) is 29.4 Å². The molecule has 7 nitrogen and oxygen atoms in total. The Morgan fingerprint density at radius 3 is 2.61 bits per heavy atom. The van der Waals surface area contributed by atoms with Crippen LogP contribution in [0.25, 0.3) is 11.3 Å². The molecule has 2 aromatic rings. The van der Waals surface area contributed by atoms with Gasteiger partial charge in [-0.2, -0.15) is 5.10 Å². The number of carbonyl (C=O) groups is 1. The van der Waals surface area contributed by atoms with Gasteiger partial charge in [-0.05, 0) is 44.9 Å². The van der Waals surface area contributed by atoms with Gasteiger partial charge in [-0.15, -0.1) is 0 Å². The molecule has 31 heavy (non-hydrogen) atoms. The summed E-state index contributed by atoms with van der Waals surface area (Å²) in [6.45, 7) is 3.16. The molecule has 170 valence electrons. The molecule has 1 amide bonds. The van der Waals surface area contributed by atoms with Crippen molar-refractivity contribution in [3.63, 3.8) is 0 Å². The van der Waals surface area contributed by atoms with Crippen molar-refractivity contribution in [2.24, 2.45) is 5.92 Å². The van der Waals surface area contributed by atoms with Crippen molar-refractivity contribution < 1.29 is 20.1 Å². The molecule has 1 aromatic heterocycles. The second-order valence-corrected chi connectivity index (χ2v) is 9.26. The summed E-state index contributed by atoms with van der Waals surface area (Å²) >= 11 is 6.29. The molecule has 1 aromatic carbocycles. The number of aromatic nitrogens is 2. The van der Waals surface area contributed by atoms with Crippen LogP contribution in [-0.4, -0.2) is 49.4 Å². The lowest BCUT2D eigenvalue weighted by Crippen LogP contribution is -2.40. The average molecular weight is 450 g/mol. The van der Waals surface area contributed by atoms with Gasteiger partial charge in [0.25, 0.3) is 5.91 Å². The number of aryl methyl sites for hydroxylation is 1. The zero-order valence-electron chi connectivity index (χ0n) is 18.1. The predicted octanol–water partition coefficient (Wildman–Crippen LogP) is 3.27. The fraction of sp³-hybridized carbons (Fsp3) is 0.565. The van der Waals surface area contributed by atoms with Crippen LogP contribution in [-0.2, 0) is 6.54 Å². The molecule has 0 spiro atoms. The molecule has 3 rings (SSSR count). The Morgan fingerprint density at radius 1 is 1.29 bits per heavy atom. The molecule has 0 aliphatic heterocycles. The van der Waals surface area contributed by atoms with E-state index in [4.69, 9.17) is 11.6 Å². The fourth-order valence-electron chi connectivity index (χ4n) is 4.00. The highest BCUT2D eigenvalue weighted by Crippen LogP contribution is 2.27. The molecule has 1 aliphatic carbocycles. The lowest BCUT2D eigenvalue weighted by Gasteiger charge is -2.22. The maximum atomic E-state index is 12.8. The summed E-state index contributed by atoms with van der Waals surface area (Å²) in [5, 5.41) is 37.5. The summed E-state index contributed by atoms with van der Waals surface area (Å²) < 4.78 is 1.62. The second-order valence-electron chi connectivity index (χ2n) is 8.85. The molecule has 1 saturated carbocycles. The van der Waals surface area contributed by atoms with Crippen LogP contribution in [0.2, 0.25) is 5.02 Å². The molecule has 0 bridgehead atoms. The molecule has 1 aliphatic rings. The number of rotatable bonds is 7. The predicted molar refractivity (Wildman–Crippen MR) is 120 cm³/mol. The van der Waals surface area contributed by atoms with Crippen LogP contribution >= 0.6 is 11.6 Å². The van der Waals surface area contributed by atoms with E-state index in [1.807, 2.05) is 13.0 Å².